The Kier molecular flexibility index (Phi) is 13.3. The van der Waals surface area contributed by atoms with Crippen molar-refractivity contribution in [1.29, 1.82) is 0 Å². The van der Waals surface area contributed by atoms with E-state index < -0.39 is 13.4 Å². The highest BCUT2D eigenvalue weighted by molar-refractivity contribution is 7.54. The SMILES string of the molecule is CCOP(=O)(OCC)[C@@H](N[C@@H](C)c1ccccc1)c1cc2c(O)c(c1)Cc1cccc(c1OC(C)C)Cc1cccc(c1O)Cc1cccc(c1OC(C)C)C2. The first-order chi connectivity index (χ1) is 26.9. The van der Waals surface area contributed by atoms with Crippen molar-refractivity contribution in [2.24, 2.45) is 0 Å². The molecule has 296 valence electrons. The molecule has 0 unspecified atom stereocenters. The van der Waals surface area contributed by atoms with Gasteiger partial charge in [-0.1, -0.05) is 84.9 Å². The third-order valence-electron chi connectivity index (χ3n) is 10.0. The zero-order valence-corrected chi connectivity index (χ0v) is 34.6. The van der Waals surface area contributed by atoms with Crippen molar-refractivity contribution < 1.29 is 33.3 Å². The lowest BCUT2D eigenvalue weighted by atomic mass is 9.90. The van der Waals surface area contributed by atoms with Crippen LogP contribution in [0.1, 0.15) is 116 Å². The maximum Gasteiger partial charge on any atom is 0.351 e. The third-order valence-corrected chi connectivity index (χ3v) is 12.4. The molecule has 8 bridgehead atoms. The molecule has 5 aromatic carbocycles. The van der Waals surface area contributed by atoms with E-state index in [0.717, 1.165) is 38.9 Å². The average Bonchev–Trinajstić information content (AvgIpc) is 3.16. The van der Waals surface area contributed by atoms with E-state index in [2.05, 4.69) is 5.32 Å². The van der Waals surface area contributed by atoms with E-state index in [0.29, 0.717) is 53.9 Å². The highest BCUT2D eigenvalue weighted by atomic mass is 31.2. The van der Waals surface area contributed by atoms with Crippen LogP contribution < -0.4 is 14.8 Å². The lowest BCUT2D eigenvalue weighted by Crippen LogP contribution is -2.27. The minimum atomic E-state index is -3.82. The van der Waals surface area contributed by atoms with Crippen LogP contribution in [0.15, 0.2) is 97.1 Å². The van der Waals surface area contributed by atoms with E-state index in [1.807, 2.05) is 146 Å². The molecule has 1 aliphatic carbocycles. The minimum absolute atomic E-state index is 0.128. The van der Waals surface area contributed by atoms with E-state index in [9.17, 15) is 14.8 Å². The van der Waals surface area contributed by atoms with Crippen LogP contribution in [0.4, 0.5) is 0 Å². The van der Waals surface area contributed by atoms with Gasteiger partial charge in [-0.15, -0.1) is 0 Å². The summed E-state index contributed by atoms with van der Waals surface area (Å²) in [6, 6.07) is 31.6. The van der Waals surface area contributed by atoms with Crippen molar-refractivity contribution in [2.75, 3.05) is 13.2 Å². The van der Waals surface area contributed by atoms with Gasteiger partial charge in [0.1, 0.15) is 28.8 Å². The molecule has 0 amide bonds. The fourth-order valence-electron chi connectivity index (χ4n) is 7.56. The van der Waals surface area contributed by atoms with Gasteiger partial charge < -0.3 is 28.7 Å². The Balaban J connectivity index is 1.62. The molecule has 3 N–H and O–H groups in total. The van der Waals surface area contributed by atoms with Gasteiger partial charge in [-0.05, 0) is 116 Å². The summed E-state index contributed by atoms with van der Waals surface area (Å²) in [4.78, 5) is 0. The molecule has 6 rings (SSSR count). The molecule has 0 spiro atoms. The number of hydrogen-bond acceptors (Lipinski definition) is 8. The first-order valence-electron chi connectivity index (χ1n) is 19.8. The second kappa shape index (κ2) is 18.1. The maximum absolute atomic E-state index is 14.9. The van der Waals surface area contributed by atoms with E-state index in [1.54, 1.807) is 0 Å². The number of phenols is 2. The minimum Gasteiger partial charge on any atom is -0.507 e. The molecule has 56 heavy (non-hydrogen) atoms. The van der Waals surface area contributed by atoms with Crippen molar-refractivity contribution in [3.63, 3.8) is 0 Å². The molecule has 0 saturated carbocycles. The molecule has 0 aliphatic heterocycles. The van der Waals surface area contributed by atoms with Crippen LogP contribution in [0.3, 0.4) is 0 Å². The number of fused-ring (bicyclic) bond motifs is 8. The lowest BCUT2D eigenvalue weighted by molar-refractivity contribution is 0.205. The summed E-state index contributed by atoms with van der Waals surface area (Å²) in [6.07, 6.45) is 1.26. The fourth-order valence-corrected chi connectivity index (χ4v) is 9.58. The highest BCUT2D eigenvalue weighted by Crippen LogP contribution is 2.60. The van der Waals surface area contributed by atoms with Gasteiger partial charge in [0.15, 0.2) is 0 Å². The van der Waals surface area contributed by atoms with Crippen LogP contribution in [0.2, 0.25) is 0 Å². The smallest absolute Gasteiger partial charge is 0.351 e. The van der Waals surface area contributed by atoms with Gasteiger partial charge in [0.05, 0.1) is 25.4 Å². The molecule has 0 saturated heterocycles. The number of para-hydroxylation sites is 3. The summed E-state index contributed by atoms with van der Waals surface area (Å²) in [6.45, 7) is 14.0. The summed E-state index contributed by atoms with van der Waals surface area (Å²) >= 11 is 0. The van der Waals surface area contributed by atoms with E-state index in [1.165, 1.54) is 0 Å². The summed E-state index contributed by atoms with van der Waals surface area (Å²) in [7, 11) is -3.82. The second-order valence-electron chi connectivity index (χ2n) is 15.0. The Morgan fingerprint density at radius 3 is 1.36 bits per heavy atom. The van der Waals surface area contributed by atoms with Crippen molar-refractivity contribution in [1.82, 2.24) is 5.32 Å². The van der Waals surface area contributed by atoms with E-state index in [-0.39, 0.29) is 43.0 Å². The summed E-state index contributed by atoms with van der Waals surface area (Å²) < 4.78 is 40.1. The number of rotatable bonds is 13. The number of nitrogens with one attached hydrogen (secondary N) is 1. The van der Waals surface area contributed by atoms with E-state index >= 15 is 0 Å². The van der Waals surface area contributed by atoms with Crippen LogP contribution >= 0.6 is 7.60 Å². The van der Waals surface area contributed by atoms with Crippen molar-refractivity contribution in [2.45, 2.75) is 98.2 Å². The highest BCUT2D eigenvalue weighted by Gasteiger charge is 2.39. The van der Waals surface area contributed by atoms with Gasteiger partial charge in [0, 0.05) is 31.7 Å². The van der Waals surface area contributed by atoms with Crippen LogP contribution in [0.5, 0.6) is 23.0 Å². The second-order valence-corrected chi connectivity index (χ2v) is 17.2. The first-order valence-corrected chi connectivity index (χ1v) is 21.4. The number of phenolic OH excluding ortho intramolecular Hbond substituents is 2. The van der Waals surface area contributed by atoms with Crippen LogP contribution in [0, 0.1) is 0 Å². The number of benzene rings is 5. The van der Waals surface area contributed by atoms with Crippen LogP contribution in [0.25, 0.3) is 0 Å². The molecule has 0 radical (unpaired) electrons. The lowest BCUT2D eigenvalue weighted by Gasteiger charge is -2.31. The Labute approximate surface area is 332 Å². The quantitative estimate of drug-likeness (QED) is 0.0996. The first kappa shape index (κ1) is 41.1. The Bertz CT molecular complexity index is 2050. The Morgan fingerprint density at radius 2 is 0.946 bits per heavy atom. The zero-order chi connectivity index (χ0) is 40.0. The van der Waals surface area contributed by atoms with Gasteiger partial charge in [0.2, 0.25) is 0 Å². The fraction of sp³-hybridized carbons (Fsp3) is 0.362. The molecule has 9 heteroatoms. The summed E-state index contributed by atoms with van der Waals surface area (Å²) in [5.74, 6) is 0.952. The maximum atomic E-state index is 14.9. The largest absolute Gasteiger partial charge is 0.507 e. The van der Waals surface area contributed by atoms with Gasteiger partial charge >= 0.3 is 7.60 Å². The molecule has 8 nitrogen and oxygen atoms in total. The monoisotopic (exact) mass is 777 g/mol. The molecule has 0 heterocycles. The molecule has 5 aromatic rings. The van der Waals surface area contributed by atoms with Gasteiger partial charge in [-0.25, -0.2) is 0 Å². The standard InChI is InChI=1S/C47H56NO7P/c1-8-52-56(51,53-9-2)47(48-32(7)33-16-11-10-12-17-33)42-28-40-26-38-22-14-20-36(45(38)54-30(3)4)24-34-18-13-19-35(43(34)49)25-37-21-15-23-39(46(37)55-31(5)6)27-41(29-42)44(40)50/h10-23,28-32,47-50H,8-9,24-27H2,1-7H3/t32-,47+/m0/s1. The molecule has 2 atom stereocenters. The topological polar surface area (TPSA) is 106 Å². The Morgan fingerprint density at radius 1 is 0.554 bits per heavy atom. The average molecular weight is 778 g/mol. The molecular formula is C47H56NO7P. The van der Waals surface area contributed by atoms with E-state index in [4.69, 9.17) is 18.5 Å². The number of hydrogen-bond donors (Lipinski definition) is 3. The molecule has 0 fully saturated rings. The van der Waals surface area contributed by atoms with Crippen LogP contribution in [-0.2, 0) is 39.3 Å². The van der Waals surface area contributed by atoms with Crippen LogP contribution in [-0.4, -0.2) is 35.6 Å². The van der Waals surface area contributed by atoms with Crippen molar-refractivity contribution >= 4 is 7.60 Å². The zero-order valence-electron chi connectivity index (χ0n) is 33.7. The number of aromatic hydroxyl groups is 2. The predicted molar refractivity (Wildman–Crippen MR) is 223 cm³/mol. The number of ether oxygens (including phenoxy) is 2. The predicted octanol–water partition coefficient (Wildman–Crippen LogP) is 11.0. The van der Waals surface area contributed by atoms with Crippen molar-refractivity contribution in [3.05, 3.63) is 153 Å². The molecule has 1 aliphatic rings. The molecule has 0 aromatic heterocycles. The van der Waals surface area contributed by atoms with Crippen molar-refractivity contribution in [3.8, 4) is 23.0 Å². The summed E-state index contributed by atoms with van der Waals surface area (Å²) in [5, 5.41) is 27.6. The van der Waals surface area contributed by atoms with Gasteiger partial charge in [0.25, 0.3) is 0 Å². The van der Waals surface area contributed by atoms with Gasteiger partial charge in [-0.3, -0.25) is 9.88 Å². The summed E-state index contributed by atoms with van der Waals surface area (Å²) in [5.41, 5.74) is 8.16. The molecular weight excluding hydrogens is 721 g/mol. The Hall–Kier alpha value is -4.59. The van der Waals surface area contributed by atoms with Gasteiger partial charge in [-0.2, -0.15) is 0 Å². The third kappa shape index (κ3) is 9.33. The normalized spacial score (nSPS) is 14.1.